The van der Waals surface area contributed by atoms with Crippen LogP contribution < -0.4 is 20.5 Å². The Morgan fingerprint density at radius 2 is 2.03 bits per heavy atom. The molecule has 2 rings (SSSR count). The number of nitrogens with one attached hydrogen (secondary N) is 2. The molecule has 0 bridgehead atoms. The van der Waals surface area contributed by atoms with Crippen molar-refractivity contribution in [2.45, 2.75) is 27.2 Å². The number of benzene rings is 2. The summed E-state index contributed by atoms with van der Waals surface area (Å²) in [4.78, 5) is 0. The molecule has 0 saturated carbocycles. The summed E-state index contributed by atoms with van der Waals surface area (Å²) in [5.41, 5.74) is 10.2. The van der Waals surface area contributed by atoms with Crippen LogP contribution >= 0.6 is 0 Å². The molecule has 0 saturated heterocycles. The van der Waals surface area contributed by atoms with E-state index in [4.69, 9.17) is 16.6 Å². The molecule has 2 aromatic carbocycles. The van der Waals surface area contributed by atoms with Crippen LogP contribution in [0.4, 0.5) is 5.69 Å². The monoisotopic (exact) mass is 395 g/mol. The van der Waals surface area contributed by atoms with Crippen molar-refractivity contribution in [1.82, 2.24) is 0 Å². The van der Waals surface area contributed by atoms with Gasteiger partial charge in [0.25, 0.3) is 0 Å². The third kappa shape index (κ3) is 6.31. The third-order valence-electron chi connectivity index (χ3n) is 4.19. The van der Waals surface area contributed by atoms with E-state index >= 15 is 0 Å². The number of rotatable bonds is 8. The zero-order valence-corrected chi connectivity index (χ0v) is 17.3. The van der Waals surface area contributed by atoms with Gasteiger partial charge >= 0.3 is 0 Å². The summed E-state index contributed by atoms with van der Waals surface area (Å²) in [7, 11) is 1.56. The Bertz CT molecular complexity index is 964. The Hall–Kier alpha value is -3.41. The summed E-state index contributed by atoms with van der Waals surface area (Å²) in [5.74, 6) is 1.38. The first-order valence-corrected chi connectivity index (χ1v) is 9.40. The fourth-order valence-electron chi connectivity index (χ4n) is 2.85. The van der Waals surface area contributed by atoms with Gasteiger partial charge in [0.05, 0.1) is 19.4 Å². The molecule has 154 valence electrons. The second kappa shape index (κ2) is 10.2. The van der Waals surface area contributed by atoms with Gasteiger partial charge in [-0.15, -0.1) is 0 Å². The van der Waals surface area contributed by atoms with Gasteiger partial charge in [-0.05, 0) is 56.5 Å². The Morgan fingerprint density at radius 1 is 1.24 bits per heavy atom. The van der Waals surface area contributed by atoms with Crippen LogP contribution in [0, 0.1) is 5.40 Å². The summed E-state index contributed by atoms with van der Waals surface area (Å²) in [5, 5.41) is 16.1. The SMILES string of the molecule is [H]/N=C(\N)Nc1ccc(C=Cc2cc(O)cc(OCC)c2CC=C(C)C)cc1OC. The molecule has 0 heterocycles. The maximum atomic E-state index is 10.1. The maximum absolute atomic E-state index is 10.1. The van der Waals surface area contributed by atoms with E-state index in [1.165, 1.54) is 5.57 Å². The summed E-state index contributed by atoms with van der Waals surface area (Å²) < 4.78 is 18.1. The molecule has 6 nitrogen and oxygen atoms in total. The highest BCUT2D eigenvalue weighted by Gasteiger charge is 2.10. The van der Waals surface area contributed by atoms with Crippen molar-refractivity contribution >= 4 is 23.8 Å². The second-order valence-corrected chi connectivity index (χ2v) is 6.73. The van der Waals surface area contributed by atoms with Crippen molar-refractivity contribution in [3.63, 3.8) is 0 Å². The minimum atomic E-state index is -0.0243. The molecule has 0 fully saturated rings. The molecule has 0 aliphatic heterocycles. The minimum Gasteiger partial charge on any atom is -0.508 e. The van der Waals surface area contributed by atoms with Crippen LogP contribution in [-0.4, -0.2) is 24.8 Å². The molecule has 0 spiro atoms. The molecule has 5 N–H and O–H groups in total. The lowest BCUT2D eigenvalue weighted by molar-refractivity contribution is 0.334. The topological polar surface area (TPSA) is 101 Å². The number of guanidine groups is 1. The molecular weight excluding hydrogens is 366 g/mol. The predicted molar refractivity (Wildman–Crippen MR) is 120 cm³/mol. The lowest BCUT2D eigenvalue weighted by Gasteiger charge is -2.13. The summed E-state index contributed by atoms with van der Waals surface area (Å²) in [6.07, 6.45) is 6.71. The van der Waals surface area contributed by atoms with Gasteiger partial charge in [0, 0.05) is 11.6 Å². The lowest BCUT2D eigenvalue weighted by atomic mass is 10.00. The van der Waals surface area contributed by atoms with Gasteiger partial charge in [-0.3, -0.25) is 5.40 Å². The van der Waals surface area contributed by atoms with Gasteiger partial charge < -0.3 is 25.6 Å². The average molecular weight is 396 g/mol. The Balaban J connectivity index is 2.42. The molecule has 6 heteroatoms. The number of phenols is 1. The fraction of sp³-hybridized carbons (Fsp3) is 0.261. The largest absolute Gasteiger partial charge is 0.508 e. The predicted octanol–water partition coefficient (Wildman–Crippen LogP) is 4.78. The van der Waals surface area contributed by atoms with E-state index in [1.54, 1.807) is 25.3 Å². The number of ether oxygens (including phenoxy) is 2. The molecule has 0 atom stereocenters. The molecule has 0 aliphatic rings. The number of hydrogen-bond acceptors (Lipinski definition) is 4. The van der Waals surface area contributed by atoms with Crippen molar-refractivity contribution in [2.24, 2.45) is 5.73 Å². The van der Waals surface area contributed by atoms with E-state index in [0.717, 1.165) is 16.7 Å². The number of nitrogens with two attached hydrogens (primary N) is 1. The van der Waals surface area contributed by atoms with Crippen LogP contribution in [0.3, 0.4) is 0 Å². The second-order valence-electron chi connectivity index (χ2n) is 6.73. The number of anilines is 1. The minimum absolute atomic E-state index is 0.0243. The molecule has 0 unspecified atom stereocenters. The number of methoxy groups -OCH3 is 1. The fourth-order valence-corrected chi connectivity index (χ4v) is 2.85. The summed E-state index contributed by atoms with van der Waals surface area (Å²) in [6.45, 7) is 6.54. The first kappa shape index (κ1) is 20.3. The van der Waals surface area contributed by atoms with Crippen LogP contribution in [0.1, 0.15) is 37.5 Å². The summed E-state index contributed by atoms with van der Waals surface area (Å²) in [6, 6.07) is 8.91. The van der Waals surface area contributed by atoms with Crippen molar-refractivity contribution in [3.05, 3.63) is 58.7 Å². The Morgan fingerprint density at radius 3 is 2.69 bits per heavy atom. The number of allylic oxidation sites excluding steroid dienone is 2. The molecular formula is C23H29N3O3. The van der Waals surface area contributed by atoms with E-state index in [2.05, 4.69) is 30.6 Å². The quantitative estimate of drug-likeness (QED) is 0.223. The molecule has 0 aliphatic carbocycles. The van der Waals surface area contributed by atoms with E-state index in [-0.39, 0.29) is 11.7 Å². The van der Waals surface area contributed by atoms with Crippen LogP contribution in [0.25, 0.3) is 12.2 Å². The molecule has 0 amide bonds. The molecule has 0 radical (unpaired) electrons. The van der Waals surface area contributed by atoms with Crippen molar-refractivity contribution in [2.75, 3.05) is 19.0 Å². The van der Waals surface area contributed by atoms with Gasteiger partial charge in [0.15, 0.2) is 7.37 Å². The van der Waals surface area contributed by atoms with Crippen molar-refractivity contribution in [1.29, 1.82) is 5.40 Å². The zero-order chi connectivity index (χ0) is 22.1. The van der Waals surface area contributed by atoms with Crippen molar-refractivity contribution < 1.29 is 16.0 Å². The smallest absolute Gasteiger partial charge is 0.191 e. The van der Waals surface area contributed by atoms with Crippen LogP contribution in [0.5, 0.6) is 17.2 Å². The van der Waals surface area contributed by atoms with E-state index in [1.807, 2.05) is 31.2 Å². The highest BCUT2D eigenvalue weighted by Crippen LogP contribution is 2.32. The van der Waals surface area contributed by atoms with E-state index in [0.29, 0.717) is 30.2 Å². The van der Waals surface area contributed by atoms with Gasteiger partial charge in [0.2, 0.25) is 0 Å². The Labute approximate surface area is 173 Å². The maximum Gasteiger partial charge on any atom is 0.191 e. The standard InChI is InChI=1S/C23H29N3O3/c1-5-29-21-14-18(27)13-17(19(21)10-6-15(2)3)9-7-16-8-11-20(26-23(24)25)22(12-16)28-4/h6-9,11-14,27H,5,10H2,1-4H3,(H4,24,25,26). The molecule has 29 heavy (non-hydrogen) atoms. The number of phenolic OH excluding ortho intramolecular Hbond substituents is 1. The Kier molecular flexibility index (Phi) is 7.16. The normalized spacial score (nSPS) is 11.9. The van der Waals surface area contributed by atoms with Crippen molar-refractivity contribution in [3.8, 4) is 17.2 Å². The van der Waals surface area contributed by atoms with Crippen LogP contribution in [-0.2, 0) is 6.42 Å². The van der Waals surface area contributed by atoms with Gasteiger partial charge in [0.1, 0.15) is 17.2 Å². The molecule has 0 aromatic heterocycles. The highest BCUT2D eigenvalue weighted by atomic mass is 16.5. The lowest BCUT2D eigenvalue weighted by Crippen LogP contribution is -2.20. The summed E-state index contributed by atoms with van der Waals surface area (Å²) >= 11 is 0. The third-order valence-corrected chi connectivity index (χ3v) is 4.19. The first-order valence-electron chi connectivity index (χ1n) is 9.85. The van der Waals surface area contributed by atoms with Crippen LogP contribution in [0.2, 0.25) is 1.41 Å². The first-order chi connectivity index (χ1) is 14.4. The number of aromatic hydroxyl groups is 1. The molecule has 2 aromatic rings. The number of hydrogen-bond donors (Lipinski definition) is 4. The van der Waals surface area contributed by atoms with Gasteiger partial charge in [-0.2, -0.15) is 0 Å². The van der Waals surface area contributed by atoms with Gasteiger partial charge in [-0.25, -0.2) is 0 Å². The van der Waals surface area contributed by atoms with E-state index < -0.39 is 0 Å². The highest BCUT2D eigenvalue weighted by molar-refractivity contribution is 5.91. The van der Waals surface area contributed by atoms with Crippen LogP contribution in [0.15, 0.2) is 42.0 Å². The van der Waals surface area contributed by atoms with E-state index in [9.17, 15) is 5.11 Å². The van der Waals surface area contributed by atoms with Gasteiger partial charge in [-0.1, -0.05) is 29.9 Å². The average Bonchev–Trinajstić information content (AvgIpc) is 2.72. The zero-order valence-electron chi connectivity index (χ0n) is 18.3.